The molecular weight excluding hydrogens is 262 g/mol. The second-order valence-electron chi connectivity index (χ2n) is 4.28. The maximum Gasteiger partial charge on any atom is 0.412 e. The van der Waals surface area contributed by atoms with Crippen molar-refractivity contribution in [2.75, 3.05) is 12.8 Å². The van der Waals surface area contributed by atoms with E-state index in [1.807, 2.05) is 0 Å². The van der Waals surface area contributed by atoms with Crippen molar-refractivity contribution in [2.24, 2.45) is 5.92 Å². The Labute approximate surface area is 117 Å². The van der Waals surface area contributed by atoms with Crippen LogP contribution in [-0.2, 0) is 11.2 Å². The molecule has 0 aliphatic carbocycles. The number of carbonyl (C=O) groups is 1. The van der Waals surface area contributed by atoms with E-state index in [4.69, 9.17) is 4.74 Å². The molecule has 0 bridgehead atoms. The Balaban J connectivity index is 2.83. The molecule has 1 N–H and O–H groups in total. The van der Waals surface area contributed by atoms with E-state index >= 15 is 0 Å². The third-order valence-electron chi connectivity index (χ3n) is 3.04. The van der Waals surface area contributed by atoms with Gasteiger partial charge in [0, 0.05) is 13.0 Å². The Morgan fingerprint density at radius 3 is 2.58 bits per heavy atom. The summed E-state index contributed by atoms with van der Waals surface area (Å²) in [6.07, 6.45) is 1.45. The van der Waals surface area contributed by atoms with Crippen LogP contribution in [0.4, 0.5) is 4.79 Å². The molecule has 0 aliphatic heterocycles. The Morgan fingerprint density at radius 1 is 1.37 bits per heavy atom. The average molecular weight is 283 g/mol. The zero-order chi connectivity index (χ0) is 14.3. The number of nitrogens with one attached hydrogen (secondary N) is 1. The molecule has 106 valence electrons. The number of ether oxygens (including phenoxy) is 1. The van der Waals surface area contributed by atoms with Crippen molar-refractivity contribution in [2.45, 2.75) is 31.6 Å². The molecule has 1 atom stereocenters. The van der Waals surface area contributed by atoms with Crippen LogP contribution in [0, 0.1) is 5.92 Å². The summed E-state index contributed by atoms with van der Waals surface area (Å²) in [5, 5.41) is 2.38. The summed E-state index contributed by atoms with van der Waals surface area (Å²) in [4.78, 5) is 11.8. The van der Waals surface area contributed by atoms with E-state index in [1.54, 1.807) is 24.3 Å². The number of rotatable bonds is 6. The number of hydrogen-bond donors (Lipinski definition) is 1. The fourth-order valence-electron chi connectivity index (χ4n) is 1.70. The van der Waals surface area contributed by atoms with Crippen LogP contribution in [0.1, 0.15) is 26.7 Å². The van der Waals surface area contributed by atoms with Gasteiger partial charge in [-0.05, 0) is 36.2 Å². The van der Waals surface area contributed by atoms with Crippen molar-refractivity contribution in [3.63, 3.8) is 0 Å². The Morgan fingerprint density at radius 2 is 2.00 bits per heavy atom. The topological polar surface area (TPSA) is 61.4 Å². The van der Waals surface area contributed by atoms with Gasteiger partial charge in [-0.1, -0.05) is 26.0 Å². The zero-order valence-electron chi connectivity index (χ0n) is 11.6. The van der Waals surface area contributed by atoms with E-state index in [1.165, 1.54) is 7.05 Å². The summed E-state index contributed by atoms with van der Waals surface area (Å²) in [6, 6.07) is 6.97. The molecule has 1 rings (SSSR count). The van der Waals surface area contributed by atoms with Gasteiger partial charge in [0.1, 0.15) is 5.75 Å². The zero-order valence-corrected chi connectivity index (χ0v) is 12.5. The van der Waals surface area contributed by atoms with Gasteiger partial charge in [0.2, 0.25) is 0 Å². The van der Waals surface area contributed by atoms with Crippen molar-refractivity contribution in [1.29, 1.82) is 0 Å². The first kappa shape index (κ1) is 15.9. The highest BCUT2D eigenvalue weighted by atomic mass is 32.2. The van der Waals surface area contributed by atoms with Gasteiger partial charge in [-0.3, -0.25) is 0 Å². The number of hydrogen-bond acceptors (Lipinski definition) is 3. The molecule has 1 unspecified atom stereocenters. The standard InChI is InChI=1S/C14H21NO3S/c1-4-11(5-2)10-19(17)13-9-7-6-8-12(13)18-14(16)15-3/h6-9,11H,4-5,10H2,1-3H3,(H,15,16). The number of carbonyl (C=O) groups excluding carboxylic acids is 1. The summed E-state index contributed by atoms with van der Waals surface area (Å²) < 4.78 is 17.5. The number of amides is 1. The molecule has 4 nitrogen and oxygen atoms in total. The fraction of sp³-hybridized carbons (Fsp3) is 0.500. The average Bonchev–Trinajstić information content (AvgIpc) is 2.44. The van der Waals surface area contributed by atoms with Gasteiger partial charge in [-0.15, -0.1) is 0 Å². The van der Waals surface area contributed by atoms with Crippen LogP contribution in [0.2, 0.25) is 0 Å². The lowest BCUT2D eigenvalue weighted by Gasteiger charge is -2.18. The molecule has 0 aromatic heterocycles. The molecule has 5 heteroatoms. The maximum atomic E-state index is 12.4. The molecule has 1 amide bonds. The largest absolute Gasteiger partial charge is 0.611 e. The third-order valence-corrected chi connectivity index (χ3v) is 4.64. The lowest BCUT2D eigenvalue weighted by atomic mass is 10.1. The van der Waals surface area contributed by atoms with E-state index in [-0.39, 0.29) is 0 Å². The van der Waals surface area contributed by atoms with Crippen molar-refractivity contribution < 1.29 is 14.1 Å². The molecule has 0 heterocycles. The first-order valence-corrected chi connectivity index (χ1v) is 7.81. The van der Waals surface area contributed by atoms with Gasteiger partial charge in [-0.2, -0.15) is 0 Å². The molecule has 0 spiro atoms. The Kier molecular flexibility index (Phi) is 6.73. The van der Waals surface area contributed by atoms with Crippen LogP contribution in [0.5, 0.6) is 5.75 Å². The van der Waals surface area contributed by atoms with Crippen LogP contribution in [0.15, 0.2) is 29.2 Å². The Bertz CT molecular complexity index is 407. The number of para-hydroxylation sites is 1. The summed E-state index contributed by atoms with van der Waals surface area (Å²) in [5.41, 5.74) is 0. The quantitative estimate of drug-likeness (QED) is 0.816. The summed E-state index contributed by atoms with van der Waals surface area (Å²) in [5.74, 6) is 1.39. The summed E-state index contributed by atoms with van der Waals surface area (Å²) in [7, 11) is 1.49. The highest BCUT2D eigenvalue weighted by molar-refractivity contribution is 7.91. The van der Waals surface area contributed by atoms with Crippen LogP contribution < -0.4 is 10.1 Å². The molecule has 0 saturated carbocycles. The molecule has 0 aliphatic rings. The van der Waals surface area contributed by atoms with Crippen molar-refractivity contribution >= 4 is 17.3 Å². The second kappa shape index (κ2) is 8.07. The van der Waals surface area contributed by atoms with E-state index < -0.39 is 17.3 Å². The van der Waals surface area contributed by atoms with E-state index in [0.717, 1.165) is 12.8 Å². The Hall–Kier alpha value is -1.20. The highest BCUT2D eigenvalue weighted by Crippen LogP contribution is 2.27. The molecule has 0 saturated heterocycles. The molecule has 19 heavy (non-hydrogen) atoms. The normalized spacial score (nSPS) is 12.3. The van der Waals surface area contributed by atoms with Crippen molar-refractivity contribution in [3.8, 4) is 5.75 Å². The molecule has 0 radical (unpaired) electrons. The molecule has 1 aromatic carbocycles. The predicted molar refractivity (Wildman–Crippen MR) is 76.9 cm³/mol. The summed E-state index contributed by atoms with van der Waals surface area (Å²) in [6.45, 7) is 4.19. The van der Waals surface area contributed by atoms with Crippen molar-refractivity contribution in [1.82, 2.24) is 5.32 Å². The van der Waals surface area contributed by atoms with E-state index in [0.29, 0.717) is 22.3 Å². The van der Waals surface area contributed by atoms with Gasteiger partial charge < -0.3 is 14.6 Å². The monoisotopic (exact) mass is 283 g/mol. The highest BCUT2D eigenvalue weighted by Gasteiger charge is 2.21. The van der Waals surface area contributed by atoms with Gasteiger partial charge in [0.25, 0.3) is 0 Å². The van der Waals surface area contributed by atoms with Crippen LogP contribution in [-0.4, -0.2) is 23.4 Å². The van der Waals surface area contributed by atoms with Gasteiger partial charge in [-0.25, -0.2) is 4.79 Å². The number of benzene rings is 1. The van der Waals surface area contributed by atoms with Crippen LogP contribution in [0.3, 0.4) is 0 Å². The smallest absolute Gasteiger partial charge is 0.412 e. The van der Waals surface area contributed by atoms with Crippen LogP contribution >= 0.6 is 0 Å². The molecular formula is C14H21NO3S. The minimum Gasteiger partial charge on any atom is -0.611 e. The minimum atomic E-state index is -1.15. The van der Waals surface area contributed by atoms with Gasteiger partial charge >= 0.3 is 6.09 Å². The third kappa shape index (κ3) is 4.76. The van der Waals surface area contributed by atoms with Gasteiger partial charge in [0.15, 0.2) is 10.6 Å². The lowest BCUT2D eigenvalue weighted by Crippen LogP contribution is -2.23. The molecule has 0 fully saturated rings. The van der Waals surface area contributed by atoms with Crippen molar-refractivity contribution in [3.05, 3.63) is 24.3 Å². The first-order chi connectivity index (χ1) is 9.12. The second-order valence-corrected chi connectivity index (χ2v) is 5.75. The first-order valence-electron chi connectivity index (χ1n) is 6.49. The molecule has 1 aromatic rings. The minimum absolute atomic E-state index is 0.367. The fourth-order valence-corrected chi connectivity index (χ4v) is 3.35. The lowest BCUT2D eigenvalue weighted by molar-refractivity contribution is 0.201. The maximum absolute atomic E-state index is 12.4. The SMILES string of the molecule is CCC(CC)C[S+]([O-])c1ccccc1OC(=O)NC. The van der Waals surface area contributed by atoms with E-state index in [9.17, 15) is 9.35 Å². The van der Waals surface area contributed by atoms with E-state index in [2.05, 4.69) is 19.2 Å². The van der Waals surface area contributed by atoms with Crippen LogP contribution in [0.25, 0.3) is 0 Å². The summed E-state index contributed by atoms with van der Waals surface area (Å²) >= 11 is -1.15. The predicted octanol–water partition coefficient (Wildman–Crippen LogP) is 2.95. The van der Waals surface area contributed by atoms with Gasteiger partial charge in [0.05, 0.1) is 0 Å².